The summed E-state index contributed by atoms with van der Waals surface area (Å²) >= 11 is 0. The third-order valence-electron chi connectivity index (χ3n) is 12.7. The van der Waals surface area contributed by atoms with E-state index < -0.39 is 39.4 Å². The second-order valence-electron chi connectivity index (χ2n) is 18.9. The van der Waals surface area contributed by atoms with Gasteiger partial charge < -0.3 is 9.13 Å². The van der Waals surface area contributed by atoms with E-state index in [1.165, 1.54) is 58.9 Å². The highest BCUT2D eigenvalue weighted by Crippen LogP contribution is 2.46. The van der Waals surface area contributed by atoms with E-state index in [2.05, 4.69) is 109 Å². The predicted octanol–water partition coefficient (Wildman–Crippen LogP) is 14.0. The molecular weight excluding hydrogens is 837 g/mol. The zero-order chi connectivity index (χ0) is 44.4. The van der Waals surface area contributed by atoms with E-state index in [1.54, 1.807) is 24.3 Å². The highest BCUT2D eigenvalue weighted by atomic mass is 28.3. The normalized spacial score (nSPS) is 12.5. The number of pyridine rings is 2. The summed E-state index contributed by atoms with van der Waals surface area (Å²) in [6.45, 7) is 13.8. The van der Waals surface area contributed by atoms with E-state index in [-0.39, 0.29) is 0 Å². The van der Waals surface area contributed by atoms with Crippen LogP contribution in [0.5, 0.6) is 0 Å². The van der Waals surface area contributed by atoms with Crippen molar-refractivity contribution >= 4 is 91.7 Å². The Morgan fingerprint density at radius 2 is 0.672 bits per heavy atom. The molecule has 0 saturated heterocycles. The standard InChI is InChI=1S/C54H42F4N4Si2/c1-63(2,3)37-13-17-47(59-29-37)53-39-15-11-36(62-51-21-9-33(57)25-43(51)44-26-34(58)10-22-52(44)62)28-46(39)54(48-18-14-38(30-60-48)64(4,5)6)40-16-12-35(27-45(40)53)61-49-19-7-31(55)23-41(49)42-24-32(56)8-20-50(42)61/h7-30H,1-6H3. The van der Waals surface area contributed by atoms with E-state index in [4.69, 9.17) is 9.97 Å². The maximum atomic E-state index is 14.8. The van der Waals surface area contributed by atoms with Gasteiger partial charge in [0, 0.05) is 56.4 Å². The fourth-order valence-corrected chi connectivity index (χ4v) is 11.6. The van der Waals surface area contributed by atoms with Gasteiger partial charge in [0.05, 0.1) is 49.6 Å². The minimum Gasteiger partial charge on any atom is -0.309 e. The Labute approximate surface area is 369 Å². The van der Waals surface area contributed by atoms with Crippen molar-refractivity contribution in [3.05, 3.63) is 169 Å². The lowest BCUT2D eigenvalue weighted by Crippen LogP contribution is -2.37. The Morgan fingerprint density at radius 1 is 0.344 bits per heavy atom. The van der Waals surface area contributed by atoms with Crippen molar-refractivity contribution in [2.45, 2.75) is 39.3 Å². The second-order valence-corrected chi connectivity index (χ2v) is 29.0. The summed E-state index contributed by atoms with van der Waals surface area (Å²) in [7, 11) is -3.41. The summed E-state index contributed by atoms with van der Waals surface area (Å²) in [4.78, 5) is 10.4. The SMILES string of the molecule is C[Si](C)(C)c1ccc(-c2c3ccc(-n4c5ccc(F)cc5c5cc(F)ccc54)cc3c(-c3ccc([Si](C)(C)C)cn3)c3ccc(-n4c5ccc(F)cc5c5cc(F)ccc54)cc23)nc1. The molecule has 0 aliphatic rings. The number of fused-ring (bicyclic) bond motifs is 8. The molecule has 0 saturated carbocycles. The van der Waals surface area contributed by atoms with Gasteiger partial charge in [0.2, 0.25) is 0 Å². The van der Waals surface area contributed by atoms with Gasteiger partial charge in [-0.2, -0.15) is 0 Å². The molecule has 7 aromatic carbocycles. The number of hydrogen-bond donors (Lipinski definition) is 0. The van der Waals surface area contributed by atoms with Gasteiger partial charge in [-0.1, -0.05) is 63.5 Å². The van der Waals surface area contributed by atoms with Gasteiger partial charge in [0.1, 0.15) is 23.3 Å². The number of aromatic nitrogens is 4. The summed E-state index contributed by atoms with van der Waals surface area (Å²) in [6, 6.07) is 39.9. The highest BCUT2D eigenvalue weighted by molar-refractivity contribution is 6.89. The maximum absolute atomic E-state index is 14.8. The van der Waals surface area contributed by atoms with Crippen LogP contribution in [0.15, 0.2) is 146 Å². The predicted molar refractivity (Wildman–Crippen MR) is 262 cm³/mol. The molecule has 0 spiro atoms. The van der Waals surface area contributed by atoms with Crippen molar-refractivity contribution in [2.75, 3.05) is 0 Å². The number of nitrogens with zero attached hydrogens (tertiary/aromatic N) is 4. The Kier molecular flexibility index (Phi) is 8.93. The Morgan fingerprint density at radius 3 is 0.953 bits per heavy atom. The van der Waals surface area contributed by atoms with Gasteiger partial charge in [0.25, 0.3) is 0 Å². The van der Waals surface area contributed by atoms with Gasteiger partial charge in [-0.15, -0.1) is 0 Å². The molecule has 11 aromatic rings. The van der Waals surface area contributed by atoms with Crippen molar-refractivity contribution in [1.82, 2.24) is 19.1 Å². The summed E-state index contributed by atoms with van der Waals surface area (Å²) in [5.41, 5.74) is 8.08. The first-order valence-corrected chi connectivity index (χ1v) is 28.4. The first-order chi connectivity index (χ1) is 30.6. The van der Waals surface area contributed by atoms with Crippen LogP contribution in [-0.4, -0.2) is 35.2 Å². The number of rotatable bonds is 6. The molecule has 0 radical (unpaired) electrons. The molecule has 0 bridgehead atoms. The van der Waals surface area contributed by atoms with Crippen molar-refractivity contribution < 1.29 is 17.6 Å². The van der Waals surface area contributed by atoms with E-state index in [0.717, 1.165) is 77.5 Å². The van der Waals surface area contributed by atoms with Crippen LogP contribution in [-0.2, 0) is 0 Å². The lowest BCUT2D eigenvalue weighted by molar-refractivity contribution is 0.628. The first kappa shape index (κ1) is 39.9. The molecule has 0 unspecified atom stereocenters. The number of hydrogen-bond acceptors (Lipinski definition) is 2. The minimum absolute atomic E-state index is 0.396. The summed E-state index contributed by atoms with van der Waals surface area (Å²) in [5.74, 6) is -1.58. The van der Waals surface area contributed by atoms with Crippen LogP contribution in [0.2, 0.25) is 39.3 Å². The van der Waals surface area contributed by atoms with Crippen molar-refractivity contribution in [1.29, 1.82) is 0 Å². The van der Waals surface area contributed by atoms with Crippen molar-refractivity contribution in [3.8, 4) is 33.9 Å². The largest absolute Gasteiger partial charge is 0.309 e. The number of benzene rings is 7. The smallest absolute Gasteiger partial charge is 0.123 e. The molecule has 11 rings (SSSR count). The topological polar surface area (TPSA) is 35.6 Å². The average molecular weight is 879 g/mol. The fraction of sp³-hybridized carbons (Fsp3) is 0.111. The Bertz CT molecular complexity index is 3360. The molecule has 314 valence electrons. The minimum atomic E-state index is -1.71. The molecule has 0 fully saturated rings. The first-order valence-electron chi connectivity index (χ1n) is 21.4. The summed E-state index contributed by atoms with van der Waals surface area (Å²) < 4.78 is 63.5. The van der Waals surface area contributed by atoms with Crippen LogP contribution in [0, 0.1) is 23.3 Å². The quantitative estimate of drug-likeness (QED) is 0.0948. The van der Waals surface area contributed by atoms with Crippen LogP contribution < -0.4 is 10.4 Å². The Hall–Kier alpha value is -6.89. The van der Waals surface area contributed by atoms with Crippen LogP contribution in [0.25, 0.3) is 99.0 Å². The third kappa shape index (κ3) is 6.37. The van der Waals surface area contributed by atoms with Crippen molar-refractivity contribution in [2.24, 2.45) is 0 Å². The second kappa shape index (κ2) is 14.3. The van der Waals surface area contributed by atoms with Gasteiger partial charge in [-0.25, -0.2) is 17.6 Å². The molecule has 64 heavy (non-hydrogen) atoms. The third-order valence-corrected chi connectivity index (χ3v) is 16.8. The van der Waals surface area contributed by atoms with Crippen LogP contribution >= 0.6 is 0 Å². The number of halogens is 4. The van der Waals surface area contributed by atoms with E-state index in [1.807, 2.05) is 12.4 Å². The molecule has 4 heterocycles. The maximum Gasteiger partial charge on any atom is 0.123 e. The molecule has 10 heteroatoms. The molecular formula is C54H42F4N4Si2. The van der Waals surface area contributed by atoms with E-state index in [9.17, 15) is 17.6 Å². The zero-order valence-electron chi connectivity index (χ0n) is 36.2. The van der Waals surface area contributed by atoms with Gasteiger partial charge in [-0.3, -0.25) is 9.97 Å². The van der Waals surface area contributed by atoms with Crippen molar-refractivity contribution in [3.63, 3.8) is 0 Å². The highest BCUT2D eigenvalue weighted by Gasteiger charge is 2.25. The fourth-order valence-electron chi connectivity index (χ4n) is 9.50. The molecule has 4 aromatic heterocycles. The monoisotopic (exact) mass is 878 g/mol. The summed E-state index contributed by atoms with van der Waals surface area (Å²) in [5, 5.41) is 8.69. The lowest BCUT2D eigenvalue weighted by Gasteiger charge is -2.21. The molecule has 0 atom stereocenters. The molecule has 0 N–H and O–H groups in total. The Balaban J connectivity index is 1.28. The zero-order valence-corrected chi connectivity index (χ0v) is 38.2. The van der Waals surface area contributed by atoms with Crippen LogP contribution in [0.1, 0.15) is 0 Å². The molecule has 0 amide bonds. The van der Waals surface area contributed by atoms with Gasteiger partial charge in [-0.05, 0) is 141 Å². The van der Waals surface area contributed by atoms with Crippen LogP contribution in [0.3, 0.4) is 0 Å². The molecule has 4 nitrogen and oxygen atoms in total. The van der Waals surface area contributed by atoms with E-state index >= 15 is 0 Å². The summed E-state index contributed by atoms with van der Waals surface area (Å²) in [6.07, 6.45) is 4.02. The lowest BCUT2D eigenvalue weighted by atomic mass is 9.88. The molecule has 0 aliphatic carbocycles. The van der Waals surface area contributed by atoms with Gasteiger partial charge >= 0.3 is 0 Å². The van der Waals surface area contributed by atoms with E-state index in [0.29, 0.717) is 21.5 Å². The molecule has 0 aliphatic heterocycles. The average Bonchev–Trinajstić information content (AvgIpc) is 3.75. The van der Waals surface area contributed by atoms with Crippen LogP contribution in [0.4, 0.5) is 17.6 Å². The van der Waals surface area contributed by atoms with Gasteiger partial charge in [0.15, 0.2) is 0 Å².